The zero-order chi connectivity index (χ0) is 21.9. The minimum absolute atomic E-state index is 0.184. The standard InChI is InChI=1S/C26H18N4O2/c31-25-16-26(32)24(30-28-22-12-10-18-6-2-4-8-20(18)14-22)15-23(25)29-27-21-11-9-17-5-1-3-7-19(17)13-21/h1-16,31-32H. The summed E-state index contributed by atoms with van der Waals surface area (Å²) in [5.41, 5.74) is 1.66. The molecule has 0 bridgehead atoms. The first-order chi connectivity index (χ1) is 15.7. The van der Waals surface area contributed by atoms with E-state index in [1.807, 2.05) is 84.9 Å². The maximum Gasteiger partial charge on any atom is 0.146 e. The fourth-order valence-corrected chi connectivity index (χ4v) is 3.42. The lowest BCUT2D eigenvalue weighted by Gasteiger charge is -2.03. The zero-order valence-electron chi connectivity index (χ0n) is 16.9. The Morgan fingerprint density at radius 2 is 0.844 bits per heavy atom. The van der Waals surface area contributed by atoms with Crippen molar-refractivity contribution in [2.45, 2.75) is 0 Å². The van der Waals surface area contributed by atoms with E-state index in [0.717, 1.165) is 21.5 Å². The van der Waals surface area contributed by atoms with E-state index >= 15 is 0 Å². The molecule has 0 aliphatic carbocycles. The Balaban J connectivity index is 1.43. The van der Waals surface area contributed by atoms with Gasteiger partial charge in [0.25, 0.3) is 0 Å². The van der Waals surface area contributed by atoms with Gasteiger partial charge in [0, 0.05) is 12.1 Å². The van der Waals surface area contributed by atoms with Crippen LogP contribution in [0.4, 0.5) is 22.7 Å². The average molecular weight is 418 g/mol. The van der Waals surface area contributed by atoms with Crippen LogP contribution < -0.4 is 0 Å². The maximum absolute atomic E-state index is 10.2. The highest BCUT2D eigenvalue weighted by atomic mass is 16.3. The molecular formula is C26H18N4O2. The Morgan fingerprint density at radius 3 is 1.31 bits per heavy atom. The van der Waals surface area contributed by atoms with E-state index in [9.17, 15) is 10.2 Å². The molecule has 2 N–H and O–H groups in total. The largest absolute Gasteiger partial charge is 0.505 e. The third-order valence-corrected chi connectivity index (χ3v) is 5.08. The van der Waals surface area contributed by atoms with Gasteiger partial charge in [0.2, 0.25) is 0 Å². The van der Waals surface area contributed by atoms with Gasteiger partial charge in [0.15, 0.2) is 0 Å². The fraction of sp³-hybridized carbons (Fsp3) is 0. The Morgan fingerprint density at radius 1 is 0.406 bits per heavy atom. The van der Waals surface area contributed by atoms with Crippen molar-refractivity contribution in [2.24, 2.45) is 20.5 Å². The van der Waals surface area contributed by atoms with Crippen LogP contribution in [-0.2, 0) is 0 Å². The van der Waals surface area contributed by atoms with E-state index in [4.69, 9.17) is 0 Å². The van der Waals surface area contributed by atoms with Gasteiger partial charge in [-0.3, -0.25) is 0 Å². The molecule has 6 nitrogen and oxygen atoms in total. The van der Waals surface area contributed by atoms with Gasteiger partial charge >= 0.3 is 0 Å². The van der Waals surface area contributed by atoms with Crippen molar-refractivity contribution in [3.63, 3.8) is 0 Å². The van der Waals surface area contributed by atoms with Gasteiger partial charge in [-0.05, 0) is 45.8 Å². The first kappa shape index (κ1) is 19.4. The van der Waals surface area contributed by atoms with E-state index in [1.54, 1.807) is 0 Å². The number of nitrogens with zero attached hydrogens (tertiary/aromatic N) is 4. The second-order valence-corrected chi connectivity index (χ2v) is 7.29. The highest BCUT2D eigenvalue weighted by Gasteiger charge is 2.09. The molecule has 5 aromatic rings. The van der Waals surface area contributed by atoms with Gasteiger partial charge in [0.1, 0.15) is 22.9 Å². The lowest BCUT2D eigenvalue weighted by molar-refractivity contribution is 0.452. The lowest BCUT2D eigenvalue weighted by Crippen LogP contribution is -1.74. The van der Waals surface area contributed by atoms with E-state index in [-0.39, 0.29) is 22.9 Å². The van der Waals surface area contributed by atoms with Crippen LogP contribution in [0.3, 0.4) is 0 Å². The monoisotopic (exact) mass is 418 g/mol. The molecule has 32 heavy (non-hydrogen) atoms. The molecule has 0 saturated heterocycles. The molecule has 0 aromatic heterocycles. The molecule has 0 spiro atoms. The molecule has 0 radical (unpaired) electrons. The molecule has 5 aromatic carbocycles. The summed E-state index contributed by atoms with van der Waals surface area (Å²) in [6.07, 6.45) is 0. The van der Waals surface area contributed by atoms with Gasteiger partial charge in [-0.1, -0.05) is 60.7 Å². The van der Waals surface area contributed by atoms with Crippen molar-refractivity contribution >= 4 is 44.3 Å². The molecule has 0 fully saturated rings. The molecule has 0 heterocycles. The summed E-state index contributed by atoms with van der Waals surface area (Å²) in [4.78, 5) is 0. The highest BCUT2D eigenvalue weighted by Crippen LogP contribution is 2.40. The Hall–Kier alpha value is -4.58. The van der Waals surface area contributed by atoms with Crippen molar-refractivity contribution in [3.8, 4) is 11.5 Å². The summed E-state index contributed by atoms with van der Waals surface area (Å²) >= 11 is 0. The van der Waals surface area contributed by atoms with Crippen molar-refractivity contribution in [1.82, 2.24) is 0 Å². The number of rotatable bonds is 4. The third kappa shape index (κ3) is 4.02. The summed E-state index contributed by atoms with van der Waals surface area (Å²) < 4.78 is 0. The number of azo groups is 2. The molecule has 5 rings (SSSR count). The minimum atomic E-state index is -0.198. The van der Waals surface area contributed by atoms with Crippen LogP contribution in [0.5, 0.6) is 11.5 Å². The molecule has 6 heteroatoms. The zero-order valence-corrected chi connectivity index (χ0v) is 16.9. The molecule has 0 aliphatic rings. The Bertz CT molecular complexity index is 1400. The van der Waals surface area contributed by atoms with Gasteiger partial charge in [-0.2, -0.15) is 10.2 Å². The predicted molar refractivity (Wildman–Crippen MR) is 126 cm³/mol. The fourth-order valence-electron chi connectivity index (χ4n) is 3.42. The molecule has 154 valence electrons. The number of phenols is 2. The van der Waals surface area contributed by atoms with Crippen molar-refractivity contribution < 1.29 is 10.2 Å². The SMILES string of the molecule is Oc1cc(O)c(N=Nc2ccc3ccccc3c2)cc1N=Nc1ccc2ccccc2c1. The van der Waals surface area contributed by atoms with Crippen molar-refractivity contribution in [3.05, 3.63) is 97.1 Å². The van der Waals surface area contributed by atoms with Crippen LogP contribution in [0.15, 0.2) is 118 Å². The topological polar surface area (TPSA) is 89.9 Å². The number of phenolic OH excluding ortho intramolecular Hbond substituents is 2. The van der Waals surface area contributed by atoms with Gasteiger partial charge in [-0.15, -0.1) is 10.2 Å². The van der Waals surface area contributed by atoms with Crippen LogP contribution >= 0.6 is 0 Å². The smallest absolute Gasteiger partial charge is 0.146 e. The summed E-state index contributed by atoms with van der Waals surface area (Å²) in [5.74, 6) is -0.395. The van der Waals surface area contributed by atoms with Crippen LogP contribution in [0, 0.1) is 0 Å². The van der Waals surface area contributed by atoms with Crippen molar-refractivity contribution in [1.29, 1.82) is 0 Å². The number of fused-ring (bicyclic) bond motifs is 2. The molecule has 0 amide bonds. The second-order valence-electron chi connectivity index (χ2n) is 7.29. The second kappa shape index (κ2) is 8.28. The lowest BCUT2D eigenvalue weighted by atomic mass is 10.1. The molecule has 0 atom stereocenters. The molecule has 0 unspecified atom stereocenters. The molecular weight excluding hydrogens is 400 g/mol. The maximum atomic E-state index is 10.2. The normalized spacial score (nSPS) is 11.8. The van der Waals surface area contributed by atoms with Crippen LogP contribution in [0.1, 0.15) is 0 Å². The average Bonchev–Trinajstić information content (AvgIpc) is 2.82. The quantitative estimate of drug-likeness (QED) is 0.288. The summed E-state index contributed by atoms with van der Waals surface area (Å²) in [6.45, 7) is 0. The first-order valence-electron chi connectivity index (χ1n) is 10.0. The van der Waals surface area contributed by atoms with Gasteiger partial charge in [0.05, 0.1) is 11.4 Å². The van der Waals surface area contributed by atoms with E-state index < -0.39 is 0 Å². The number of aromatic hydroxyl groups is 2. The number of benzene rings is 5. The highest BCUT2D eigenvalue weighted by molar-refractivity contribution is 5.85. The first-order valence-corrected chi connectivity index (χ1v) is 10.0. The van der Waals surface area contributed by atoms with E-state index in [1.165, 1.54) is 12.1 Å². The minimum Gasteiger partial charge on any atom is -0.505 e. The Kier molecular flexibility index (Phi) is 5.01. The molecule has 0 saturated carbocycles. The van der Waals surface area contributed by atoms with Gasteiger partial charge in [-0.25, -0.2) is 0 Å². The van der Waals surface area contributed by atoms with E-state index in [2.05, 4.69) is 20.5 Å². The van der Waals surface area contributed by atoms with Crippen LogP contribution in [-0.4, -0.2) is 10.2 Å². The predicted octanol–water partition coefficient (Wildman–Crippen LogP) is 8.24. The summed E-state index contributed by atoms with van der Waals surface area (Å²) in [7, 11) is 0. The van der Waals surface area contributed by atoms with Crippen molar-refractivity contribution in [2.75, 3.05) is 0 Å². The van der Waals surface area contributed by atoms with E-state index in [0.29, 0.717) is 11.4 Å². The van der Waals surface area contributed by atoms with Crippen LogP contribution in [0.2, 0.25) is 0 Å². The third-order valence-electron chi connectivity index (χ3n) is 5.08. The van der Waals surface area contributed by atoms with Crippen LogP contribution in [0.25, 0.3) is 21.5 Å². The number of hydrogen-bond acceptors (Lipinski definition) is 6. The van der Waals surface area contributed by atoms with Gasteiger partial charge < -0.3 is 10.2 Å². The Labute approximate surface area is 183 Å². The molecule has 0 aliphatic heterocycles. The summed E-state index contributed by atoms with van der Waals surface area (Å²) in [6, 6.07) is 30.0. The number of hydrogen-bond donors (Lipinski definition) is 2. The summed E-state index contributed by atoms with van der Waals surface area (Å²) in [5, 5.41) is 41.4.